The number of nitrogen functional groups attached to an aromatic ring is 1. The molecule has 1 aromatic rings. The number of anilines is 1. The number of hydrogen-bond donors (Lipinski definition) is 1. The predicted octanol–water partition coefficient (Wildman–Crippen LogP) is 1.34. The number of nitrogens with two attached hydrogens (primary N) is 1. The van der Waals surface area contributed by atoms with Crippen molar-refractivity contribution >= 4 is 5.69 Å². The van der Waals surface area contributed by atoms with E-state index >= 15 is 0 Å². The minimum atomic E-state index is -0.296. The lowest BCUT2D eigenvalue weighted by molar-refractivity contribution is -0.0413. The van der Waals surface area contributed by atoms with E-state index in [9.17, 15) is 0 Å². The molecule has 0 bridgehead atoms. The molecule has 0 aromatic carbocycles. The van der Waals surface area contributed by atoms with Crippen molar-refractivity contribution in [2.24, 2.45) is 0 Å². The Morgan fingerprint density at radius 3 is 2.77 bits per heavy atom. The van der Waals surface area contributed by atoms with Crippen molar-refractivity contribution in [3.8, 4) is 5.88 Å². The maximum atomic E-state index is 5.54. The second-order valence-corrected chi connectivity index (χ2v) is 2.81. The van der Waals surface area contributed by atoms with E-state index in [1.54, 1.807) is 20.2 Å². The molecule has 4 heteroatoms. The molecule has 0 saturated carbocycles. The number of nitrogens with zero attached hydrogens (tertiary/aromatic N) is 1. The van der Waals surface area contributed by atoms with Crippen LogP contribution in [0.1, 0.15) is 12.5 Å². The molecule has 1 unspecified atom stereocenters. The molecule has 0 radical (unpaired) electrons. The van der Waals surface area contributed by atoms with Crippen LogP contribution >= 0.6 is 0 Å². The summed E-state index contributed by atoms with van der Waals surface area (Å²) < 4.78 is 10.3. The van der Waals surface area contributed by atoms with Crippen LogP contribution in [-0.2, 0) is 4.74 Å². The van der Waals surface area contributed by atoms with E-state index in [1.807, 2.05) is 13.0 Å². The molecule has 4 nitrogen and oxygen atoms in total. The third-order valence-electron chi connectivity index (χ3n) is 1.66. The van der Waals surface area contributed by atoms with Crippen LogP contribution in [0.2, 0.25) is 0 Å². The van der Waals surface area contributed by atoms with Crippen molar-refractivity contribution < 1.29 is 9.47 Å². The number of aryl methyl sites for hydroxylation is 1. The van der Waals surface area contributed by atoms with Gasteiger partial charge in [-0.15, -0.1) is 0 Å². The molecule has 72 valence electrons. The smallest absolute Gasteiger partial charge is 0.218 e. The summed E-state index contributed by atoms with van der Waals surface area (Å²) in [5.74, 6) is 0.559. The van der Waals surface area contributed by atoms with Gasteiger partial charge in [0, 0.05) is 12.7 Å². The second-order valence-electron chi connectivity index (χ2n) is 2.81. The molecule has 1 atom stereocenters. The fourth-order valence-corrected chi connectivity index (χ4v) is 0.913. The summed E-state index contributed by atoms with van der Waals surface area (Å²) >= 11 is 0. The molecule has 1 heterocycles. The topological polar surface area (TPSA) is 57.4 Å². The zero-order chi connectivity index (χ0) is 9.84. The Morgan fingerprint density at radius 1 is 1.54 bits per heavy atom. The summed E-state index contributed by atoms with van der Waals surface area (Å²) in [6, 6.07) is 1.81. The highest BCUT2D eigenvalue weighted by atomic mass is 16.7. The fourth-order valence-electron chi connectivity index (χ4n) is 0.913. The summed E-state index contributed by atoms with van der Waals surface area (Å²) in [6.45, 7) is 3.69. The predicted molar refractivity (Wildman–Crippen MR) is 50.5 cm³/mol. The van der Waals surface area contributed by atoms with Crippen molar-refractivity contribution in [2.45, 2.75) is 20.1 Å². The van der Waals surface area contributed by atoms with Crippen LogP contribution < -0.4 is 10.5 Å². The molecule has 0 saturated heterocycles. The van der Waals surface area contributed by atoms with Crippen molar-refractivity contribution in [2.75, 3.05) is 12.8 Å². The Morgan fingerprint density at radius 2 is 2.23 bits per heavy atom. The largest absolute Gasteiger partial charge is 0.448 e. The third-order valence-corrected chi connectivity index (χ3v) is 1.66. The van der Waals surface area contributed by atoms with Crippen LogP contribution in [0.5, 0.6) is 5.88 Å². The van der Waals surface area contributed by atoms with Gasteiger partial charge in [0.2, 0.25) is 5.88 Å². The Hall–Kier alpha value is -1.29. The quantitative estimate of drug-likeness (QED) is 0.717. The standard InChI is InChI=1S/C9H14N2O2/c1-6-4-8(10)5-11-9(6)13-7(2)12-3/h4-5,7H,10H2,1-3H3. The monoisotopic (exact) mass is 182 g/mol. The molecule has 0 aliphatic heterocycles. The second kappa shape index (κ2) is 4.09. The van der Waals surface area contributed by atoms with E-state index in [0.717, 1.165) is 5.56 Å². The highest BCUT2D eigenvalue weighted by Gasteiger charge is 2.05. The number of hydrogen-bond acceptors (Lipinski definition) is 4. The average molecular weight is 182 g/mol. The molecule has 0 aliphatic carbocycles. The first kappa shape index (κ1) is 9.80. The van der Waals surface area contributed by atoms with Crippen LogP contribution in [0.15, 0.2) is 12.3 Å². The third kappa shape index (κ3) is 2.59. The van der Waals surface area contributed by atoms with Gasteiger partial charge in [0.05, 0.1) is 11.9 Å². The first-order valence-electron chi connectivity index (χ1n) is 4.05. The Labute approximate surface area is 77.7 Å². The van der Waals surface area contributed by atoms with Gasteiger partial charge in [-0.05, 0) is 19.9 Å². The summed E-state index contributed by atoms with van der Waals surface area (Å²) in [5.41, 5.74) is 7.08. The van der Waals surface area contributed by atoms with Crippen LogP contribution in [0.25, 0.3) is 0 Å². The maximum absolute atomic E-state index is 5.54. The van der Waals surface area contributed by atoms with Crippen molar-refractivity contribution in [1.82, 2.24) is 4.98 Å². The molecule has 1 rings (SSSR count). The number of methoxy groups -OCH3 is 1. The average Bonchev–Trinajstić information content (AvgIpc) is 2.09. The Balaban J connectivity index is 2.77. The number of rotatable bonds is 3. The highest BCUT2D eigenvalue weighted by Crippen LogP contribution is 2.17. The minimum absolute atomic E-state index is 0.296. The van der Waals surface area contributed by atoms with E-state index in [1.165, 1.54) is 0 Å². The van der Waals surface area contributed by atoms with E-state index in [4.69, 9.17) is 15.2 Å². The summed E-state index contributed by atoms with van der Waals surface area (Å²) in [4.78, 5) is 4.04. The van der Waals surface area contributed by atoms with Crippen LogP contribution in [0.4, 0.5) is 5.69 Å². The first-order chi connectivity index (χ1) is 6.13. The molecule has 0 aliphatic rings. The van der Waals surface area contributed by atoms with E-state index in [2.05, 4.69) is 4.98 Å². The minimum Gasteiger partial charge on any atom is -0.448 e. The van der Waals surface area contributed by atoms with Gasteiger partial charge in [-0.2, -0.15) is 0 Å². The van der Waals surface area contributed by atoms with Crippen molar-refractivity contribution in [3.63, 3.8) is 0 Å². The molecular formula is C9H14N2O2. The molecule has 2 N–H and O–H groups in total. The van der Waals surface area contributed by atoms with Crippen molar-refractivity contribution in [1.29, 1.82) is 0 Å². The van der Waals surface area contributed by atoms with Gasteiger partial charge in [-0.1, -0.05) is 0 Å². The van der Waals surface area contributed by atoms with Crippen LogP contribution in [-0.4, -0.2) is 18.4 Å². The highest BCUT2D eigenvalue weighted by molar-refractivity contribution is 5.41. The van der Waals surface area contributed by atoms with Gasteiger partial charge in [0.25, 0.3) is 0 Å². The molecule has 0 spiro atoms. The lowest BCUT2D eigenvalue weighted by atomic mass is 10.3. The van der Waals surface area contributed by atoms with Gasteiger partial charge in [-0.3, -0.25) is 0 Å². The van der Waals surface area contributed by atoms with Gasteiger partial charge >= 0.3 is 0 Å². The molecule has 13 heavy (non-hydrogen) atoms. The normalized spacial score (nSPS) is 12.5. The van der Waals surface area contributed by atoms with Gasteiger partial charge in [-0.25, -0.2) is 4.98 Å². The van der Waals surface area contributed by atoms with E-state index in [0.29, 0.717) is 11.6 Å². The number of aromatic nitrogens is 1. The summed E-state index contributed by atoms with van der Waals surface area (Å²) in [5, 5.41) is 0. The number of ether oxygens (including phenoxy) is 2. The lowest BCUT2D eigenvalue weighted by Crippen LogP contribution is -2.15. The Kier molecular flexibility index (Phi) is 3.08. The Bertz CT molecular complexity index is 289. The van der Waals surface area contributed by atoms with Gasteiger partial charge in [0.15, 0.2) is 6.29 Å². The van der Waals surface area contributed by atoms with Crippen LogP contribution in [0.3, 0.4) is 0 Å². The number of pyridine rings is 1. The molecular weight excluding hydrogens is 168 g/mol. The van der Waals surface area contributed by atoms with Gasteiger partial charge in [0.1, 0.15) is 0 Å². The molecule has 0 amide bonds. The first-order valence-corrected chi connectivity index (χ1v) is 4.05. The summed E-state index contributed by atoms with van der Waals surface area (Å²) in [6.07, 6.45) is 1.26. The van der Waals surface area contributed by atoms with E-state index in [-0.39, 0.29) is 6.29 Å². The SMILES string of the molecule is COC(C)Oc1ncc(N)cc1C. The summed E-state index contributed by atoms with van der Waals surface area (Å²) in [7, 11) is 1.58. The van der Waals surface area contributed by atoms with Gasteiger partial charge < -0.3 is 15.2 Å². The lowest BCUT2D eigenvalue weighted by Gasteiger charge is -2.13. The molecule has 1 aromatic heterocycles. The maximum Gasteiger partial charge on any atom is 0.218 e. The van der Waals surface area contributed by atoms with Crippen LogP contribution in [0, 0.1) is 6.92 Å². The zero-order valence-corrected chi connectivity index (χ0v) is 8.07. The van der Waals surface area contributed by atoms with E-state index < -0.39 is 0 Å². The zero-order valence-electron chi connectivity index (χ0n) is 8.07. The fraction of sp³-hybridized carbons (Fsp3) is 0.444. The molecule has 0 fully saturated rings. The van der Waals surface area contributed by atoms with Crippen molar-refractivity contribution in [3.05, 3.63) is 17.8 Å².